The Morgan fingerprint density at radius 1 is 1.04 bits per heavy atom. The minimum atomic E-state index is -1.10. The third-order valence-electron chi connectivity index (χ3n) is 3.82. The van der Waals surface area contributed by atoms with Gasteiger partial charge in [0.15, 0.2) is 6.10 Å². The van der Waals surface area contributed by atoms with Gasteiger partial charge in [-0.1, -0.05) is 38.1 Å². The van der Waals surface area contributed by atoms with E-state index in [4.69, 9.17) is 4.74 Å². The van der Waals surface area contributed by atoms with Gasteiger partial charge in [0.25, 0.3) is 11.6 Å². The molecule has 0 saturated heterocycles. The summed E-state index contributed by atoms with van der Waals surface area (Å²) in [5, 5.41) is 13.4. The second-order valence-electron chi connectivity index (χ2n) is 6.09. The smallest absolute Gasteiger partial charge is 0.338 e. The van der Waals surface area contributed by atoms with E-state index in [0.717, 1.165) is 5.56 Å². The second-order valence-corrected chi connectivity index (χ2v) is 6.09. The third kappa shape index (κ3) is 4.66. The predicted molar refractivity (Wildman–Crippen MR) is 97.1 cm³/mol. The van der Waals surface area contributed by atoms with Crippen LogP contribution in [-0.4, -0.2) is 22.9 Å². The van der Waals surface area contributed by atoms with Crippen LogP contribution in [0.4, 0.5) is 11.4 Å². The van der Waals surface area contributed by atoms with E-state index in [1.807, 2.05) is 26.0 Å². The fourth-order valence-corrected chi connectivity index (χ4v) is 2.26. The molecule has 2 rings (SSSR count). The van der Waals surface area contributed by atoms with Crippen molar-refractivity contribution < 1.29 is 19.2 Å². The first kappa shape index (κ1) is 19.1. The number of amides is 1. The lowest BCUT2D eigenvalue weighted by Crippen LogP contribution is -2.30. The topological polar surface area (TPSA) is 98.5 Å². The number of carbonyl (C=O) groups is 2. The minimum Gasteiger partial charge on any atom is -0.449 e. The molecular formula is C19H20N2O5. The number of nitrogens with zero attached hydrogens (tertiary/aromatic N) is 1. The zero-order valence-corrected chi connectivity index (χ0v) is 14.8. The number of hydrogen-bond donors (Lipinski definition) is 1. The van der Waals surface area contributed by atoms with E-state index in [9.17, 15) is 19.7 Å². The van der Waals surface area contributed by atoms with Crippen LogP contribution in [0, 0.1) is 10.1 Å². The molecule has 0 bridgehead atoms. The summed E-state index contributed by atoms with van der Waals surface area (Å²) in [6, 6.07) is 12.7. The molecule has 0 fully saturated rings. The van der Waals surface area contributed by atoms with Crippen LogP contribution in [0.3, 0.4) is 0 Å². The van der Waals surface area contributed by atoms with Gasteiger partial charge in [0.1, 0.15) is 5.69 Å². The average molecular weight is 356 g/mol. The van der Waals surface area contributed by atoms with E-state index in [2.05, 4.69) is 5.32 Å². The first-order valence-corrected chi connectivity index (χ1v) is 8.14. The van der Waals surface area contributed by atoms with Crippen molar-refractivity contribution in [3.8, 4) is 0 Å². The molecule has 0 aliphatic carbocycles. The first-order valence-electron chi connectivity index (χ1n) is 8.14. The number of benzene rings is 2. The summed E-state index contributed by atoms with van der Waals surface area (Å²) in [5.74, 6) is -0.941. The molecule has 26 heavy (non-hydrogen) atoms. The van der Waals surface area contributed by atoms with Crippen molar-refractivity contribution in [2.45, 2.75) is 32.8 Å². The molecule has 0 radical (unpaired) electrons. The summed E-state index contributed by atoms with van der Waals surface area (Å²) in [7, 11) is 0. The number of ether oxygens (including phenoxy) is 1. The molecule has 0 spiro atoms. The summed E-state index contributed by atoms with van der Waals surface area (Å²) in [6.07, 6.45) is -1.10. The van der Waals surface area contributed by atoms with Gasteiger partial charge in [0.05, 0.1) is 10.5 Å². The number of nitrogens with one attached hydrogen (secondary N) is 1. The maximum atomic E-state index is 12.2. The van der Waals surface area contributed by atoms with Crippen molar-refractivity contribution in [3.63, 3.8) is 0 Å². The van der Waals surface area contributed by atoms with E-state index in [-0.39, 0.29) is 11.4 Å². The Balaban J connectivity index is 2.02. The molecule has 7 heteroatoms. The van der Waals surface area contributed by atoms with Crippen molar-refractivity contribution in [2.75, 3.05) is 5.32 Å². The lowest BCUT2D eigenvalue weighted by atomic mass is 10.0. The van der Waals surface area contributed by atoms with Crippen LogP contribution < -0.4 is 5.32 Å². The average Bonchev–Trinajstić information content (AvgIpc) is 2.61. The molecule has 0 aliphatic rings. The first-order chi connectivity index (χ1) is 12.3. The summed E-state index contributed by atoms with van der Waals surface area (Å²) >= 11 is 0. The highest BCUT2D eigenvalue weighted by Crippen LogP contribution is 2.23. The highest BCUT2D eigenvalue weighted by Gasteiger charge is 2.22. The van der Waals surface area contributed by atoms with Crippen LogP contribution in [0.5, 0.6) is 0 Å². The number of rotatable bonds is 6. The number of carbonyl (C=O) groups excluding carboxylic acids is 2. The Bertz CT molecular complexity index is 815. The highest BCUT2D eigenvalue weighted by atomic mass is 16.6. The maximum Gasteiger partial charge on any atom is 0.338 e. The van der Waals surface area contributed by atoms with Gasteiger partial charge in [-0.2, -0.15) is 0 Å². The van der Waals surface area contributed by atoms with Gasteiger partial charge >= 0.3 is 5.97 Å². The largest absolute Gasteiger partial charge is 0.449 e. The SMILES string of the molecule is CC(C)c1ccc(C(=O)O[C@H](C)C(=O)Nc2ccccc2[N+](=O)[O-])cc1. The van der Waals surface area contributed by atoms with E-state index >= 15 is 0 Å². The van der Waals surface area contributed by atoms with Crippen molar-refractivity contribution in [1.82, 2.24) is 0 Å². The highest BCUT2D eigenvalue weighted by molar-refractivity contribution is 5.98. The molecule has 7 nitrogen and oxygen atoms in total. The Morgan fingerprint density at radius 3 is 2.23 bits per heavy atom. The van der Waals surface area contributed by atoms with Crippen LogP contribution in [0.1, 0.15) is 42.6 Å². The Kier molecular flexibility index (Phi) is 6.06. The molecule has 0 aromatic heterocycles. The van der Waals surface area contributed by atoms with Crippen LogP contribution >= 0.6 is 0 Å². The van der Waals surface area contributed by atoms with E-state index < -0.39 is 22.9 Å². The van der Waals surface area contributed by atoms with E-state index in [1.54, 1.807) is 18.2 Å². The van der Waals surface area contributed by atoms with Crippen LogP contribution in [0.2, 0.25) is 0 Å². The normalized spacial score (nSPS) is 11.7. The summed E-state index contributed by atoms with van der Waals surface area (Å²) in [4.78, 5) is 34.7. The number of nitro groups is 1. The zero-order chi connectivity index (χ0) is 19.3. The van der Waals surface area contributed by atoms with Gasteiger partial charge in [-0.15, -0.1) is 0 Å². The molecule has 0 aliphatic heterocycles. The Morgan fingerprint density at radius 2 is 1.65 bits per heavy atom. The Labute approximate surface area is 151 Å². The maximum absolute atomic E-state index is 12.2. The second kappa shape index (κ2) is 8.24. The van der Waals surface area contributed by atoms with Gasteiger partial charge in [-0.25, -0.2) is 4.79 Å². The van der Waals surface area contributed by atoms with Crippen molar-refractivity contribution in [1.29, 1.82) is 0 Å². The molecular weight excluding hydrogens is 336 g/mol. The van der Waals surface area contributed by atoms with Crippen molar-refractivity contribution in [2.24, 2.45) is 0 Å². The minimum absolute atomic E-state index is 0.0479. The van der Waals surface area contributed by atoms with Gasteiger partial charge in [0.2, 0.25) is 0 Å². The van der Waals surface area contributed by atoms with Crippen molar-refractivity contribution in [3.05, 3.63) is 69.8 Å². The van der Waals surface area contributed by atoms with Gasteiger partial charge in [0, 0.05) is 6.07 Å². The number of para-hydroxylation sites is 2. The monoisotopic (exact) mass is 356 g/mol. The molecule has 0 heterocycles. The van der Waals surface area contributed by atoms with Gasteiger partial charge in [-0.3, -0.25) is 14.9 Å². The summed E-state index contributed by atoms with van der Waals surface area (Å²) in [5.41, 5.74) is 1.24. The van der Waals surface area contributed by atoms with E-state index in [0.29, 0.717) is 11.5 Å². The zero-order valence-electron chi connectivity index (χ0n) is 14.8. The summed E-state index contributed by atoms with van der Waals surface area (Å²) in [6.45, 7) is 5.50. The lowest BCUT2D eigenvalue weighted by molar-refractivity contribution is -0.383. The molecule has 2 aromatic carbocycles. The fourth-order valence-electron chi connectivity index (χ4n) is 2.26. The number of anilines is 1. The third-order valence-corrected chi connectivity index (χ3v) is 3.82. The molecule has 1 amide bonds. The number of esters is 1. The van der Waals surface area contributed by atoms with Crippen LogP contribution in [0.25, 0.3) is 0 Å². The quantitative estimate of drug-likeness (QED) is 0.481. The Hall–Kier alpha value is -3.22. The van der Waals surface area contributed by atoms with E-state index in [1.165, 1.54) is 25.1 Å². The van der Waals surface area contributed by atoms with Gasteiger partial charge < -0.3 is 10.1 Å². The van der Waals surface area contributed by atoms with Crippen LogP contribution in [0.15, 0.2) is 48.5 Å². The lowest BCUT2D eigenvalue weighted by Gasteiger charge is -2.14. The molecule has 2 aromatic rings. The molecule has 0 saturated carbocycles. The molecule has 1 atom stereocenters. The standard InChI is InChI=1S/C19H20N2O5/c1-12(2)14-8-10-15(11-9-14)19(23)26-13(3)18(22)20-16-6-4-5-7-17(16)21(24)25/h4-13H,1-3H3,(H,20,22)/t13-/m1/s1. The number of hydrogen-bond acceptors (Lipinski definition) is 5. The van der Waals surface area contributed by atoms with Crippen molar-refractivity contribution >= 4 is 23.3 Å². The van der Waals surface area contributed by atoms with Gasteiger partial charge in [-0.05, 0) is 36.6 Å². The summed E-state index contributed by atoms with van der Waals surface area (Å²) < 4.78 is 5.15. The predicted octanol–water partition coefficient (Wildman–Crippen LogP) is 3.90. The van der Waals surface area contributed by atoms with Crippen LogP contribution in [-0.2, 0) is 9.53 Å². The molecule has 136 valence electrons. The molecule has 1 N–H and O–H groups in total. The molecule has 0 unspecified atom stereocenters. The number of nitro benzene ring substituents is 1. The fraction of sp³-hybridized carbons (Fsp3) is 0.263.